The van der Waals surface area contributed by atoms with Crippen LogP contribution in [0.1, 0.15) is 35.2 Å². The van der Waals surface area contributed by atoms with Gasteiger partial charge in [0.2, 0.25) is 0 Å². The Labute approximate surface area is 82.7 Å². The summed E-state index contributed by atoms with van der Waals surface area (Å²) < 4.78 is 0. The molecule has 0 aromatic heterocycles. The van der Waals surface area contributed by atoms with Crippen molar-refractivity contribution in [1.29, 1.82) is 0 Å². The van der Waals surface area contributed by atoms with Crippen LogP contribution in [0.15, 0.2) is 29.3 Å². The second-order valence-electron chi connectivity index (χ2n) is 4.12. The van der Waals surface area contributed by atoms with Crippen LogP contribution in [-0.4, -0.2) is 12.1 Å². The van der Waals surface area contributed by atoms with E-state index in [0.29, 0.717) is 0 Å². The zero-order chi connectivity index (χ0) is 9.60. The number of nitrogens with zero attached hydrogens (tertiary/aromatic N) is 1. The number of carbonyl (C=O) groups excluding carboxylic acids is 1. The maximum absolute atomic E-state index is 11.5. The minimum absolute atomic E-state index is 0.0851. The zero-order valence-corrected chi connectivity index (χ0v) is 7.86. The van der Waals surface area contributed by atoms with Gasteiger partial charge in [-0.3, -0.25) is 4.79 Å². The Morgan fingerprint density at radius 2 is 2.00 bits per heavy atom. The van der Waals surface area contributed by atoms with E-state index < -0.39 is 0 Å². The van der Waals surface area contributed by atoms with Gasteiger partial charge in [0.05, 0.1) is 0 Å². The lowest BCUT2D eigenvalue weighted by Gasteiger charge is -2.41. The average molecular weight is 185 g/mol. The smallest absolute Gasteiger partial charge is 0.267 e. The van der Waals surface area contributed by atoms with Crippen LogP contribution >= 0.6 is 0 Å². The third-order valence-electron chi connectivity index (χ3n) is 3.37. The quantitative estimate of drug-likeness (QED) is 0.610. The van der Waals surface area contributed by atoms with Crippen molar-refractivity contribution in [2.24, 2.45) is 4.99 Å². The van der Waals surface area contributed by atoms with Crippen LogP contribution < -0.4 is 0 Å². The van der Waals surface area contributed by atoms with Gasteiger partial charge in [-0.05, 0) is 24.5 Å². The van der Waals surface area contributed by atoms with E-state index in [9.17, 15) is 4.79 Å². The SMILES string of the molecule is O=C1N=CC2(CCC2)c2ccccc21. The second-order valence-corrected chi connectivity index (χ2v) is 4.12. The normalized spacial score (nSPS) is 21.9. The van der Waals surface area contributed by atoms with Crippen molar-refractivity contribution < 1.29 is 4.79 Å². The molecule has 14 heavy (non-hydrogen) atoms. The van der Waals surface area contributed by atoms with Crippen molar-refractivity contribution in [3.8, 4) is 0 Å². The van der Waals surface area contributed by atoms with Gasteiger partial charge in [-0.25, -0.2) is 4.99 Å². The first-order valence-corrected chi connectivity index (χ1v) is 5.01. The van der Waals surface area contributed by atoms with Crippen LogP contribution in [0.3, 0.4) is 0 Å². The van der Waals surface area contributed by atoms with E-state index in [1.165, 1.54) is 12.0 Å². The van der Waals surface area contributed by atoms with E-state index >= 15 is 0 Å². The van der Waals surface area contributed by atoms with E-state index in [4.69, 9.17) is 0 Å². The lowest BCUT2D eigenvalue weighted by molar-refractivity contribution is 0.0994. The fourth-order valence-electron chi connectivity index (χ4n) is 2.38. The molecule has 0 saturated heterocycles. The molecule has 2 heteroatoms. The van der Waals surface area contributed by atoms with Crippen LogP contribution in [0, 0.1) is 0 Å². The number of fused-ring (bicyclic) bond motifs is 2. The maximum Gasteiger partial charge on any atom is 0.276 e. The Balaban J connectivity index is 2.22. The Hall–Kier alpha value is -1.44. The van der Waals surface area contributed by atoms with Crippen molar-refractivity contribution in [1.82, 2.24) is 0 Å². The standard InChI is InChI=1S/C12H11NO/c14-11-9-4-1-2-5-10(9)12(8-13-11)6-3-7-12/h1-2,4-5,8H,3,6-7H2. The second kappa shape index (κ2) is 2.53. The van der Waals surface area contributed by atoms with Gasteiger partial charge < -0.3 is 0 Å². The highest BCUT2D eigenvalue weighted by Gasteiger charge is 2.41. The molecule has 0 unspecified atom stereocenters. The molecule has 70 valence electrons. The molecule has 1 aliphatic carbocycles. The summed E-state index contributed by atoms with van der Waals surface area (Å²) in [6.07, 6.45) is 5.39. The lowest BCUT2D eigenvalue weighted by atomic mass is 9.63. The number of carbonyl (C=O) groups is 1. The number of rotatable bonds is 0. The van der Waals surface area contributed by atoms with E-state index in [1.54, 1.807) is 0 Å². The van der Waals surface area contributed by atoms with E-state index in [1.807, 2.05) is 24.4 Å². The highest BCUT2D eigenvalue weighted by Crippen LogP contribution is 2.45. The fraction of sp³-hybridized carbons (Fsp3) is 0.333. The van der Waals surface area contributed by atoms with Crippen LogP contribution in [0.2, 0.25) is 0 Å². The summed E-state index contributed by atoms with van der Waals surface area (Å²) in [5.41, 5.74) is 2.09. The third kappa shape index (κ3) is 0.857. The van der Waals surface area contributed by atoms with Crippen molar-refractivity contribution in [3.05, 3.63) is 35.4 Å². The molecule has 0 N–H and O–H groups in total. The van der Waals surface area contributed by atoms with Crippen molar-refractivity contribution >= 4 is 12.1 Å². The van der Waals surface area contributed by atoms with Crippen LogP contribution in [0.5, 0.6) is 0 Å². The number of benzene rings is 1. The minimum atomic E-state index is -0.0851. The number of amides is 1. The molecule has 1 aromatic carbocycles. The highest BCUT2D eigenvalue weighted by molar-refractivity contribution is 6.06. The van der Waals surface area contributed by atoms with E-state index in [-0.39, 0.29) is 11.3 Å². The topological polar surface area (TPSA) is 29.4 Å². The van der Waals surface area contributed by atoms with Crippen LogP contribution in [0.25, 0.3) is 0 Å². The number of hydrogen-bond acceptors (Lipinski definition) is 1. The molecule has 1 saturated carbocycles. The Morgan fingerprint density at radius 1 is 1.21 bits per heavy atom. The van der Waals surface area contributed by atoms with Crippen LogP contribution in [-0.2, 0) is 5.41 Å². The first kappa shape index (κ1) is 7.92. The largest absolute Gasteiger partial charge is 0.276 e. The summed E-state index contributed by atoms with van der Waals surface area (Å²) in [5.74, 6) is -0.0851. The summed E-state index contributed by atoms with van der Waals surface area (Å²) in [4.78, 5) is 15.5. The summed E-state index contributed by atoms with van der Waals surface area (Å²) >= 11 is 0. The van der Waals surface area contributed by atoms with Gasteiger partial charge >= 0.3 is 0 Å². The number of hydrogen-bond donors (Lipinski definition) is 0. The molecular formula is C12H11NO. The first-order valence-electron chi connectivity index (χ1n) is 5.01. The van der Waals surface area contributed by atoms with Gasteiger partial charge in [0.25, 0.3) is 5.91 Å². The lowest BCUT2D eigenvalue weighted by Crippen LogP contribution is -2.39. The van der Waals surface area contributed by atoms with Gasteiger partial charge in [-0.2, -0.15) is 0 Å². The molecule has 1 aliphatic heterocycles. The highest BCUT2D eigenvalue weighted by atomic mass is 16.1. The monoisotopic (exact) mass is 185 g/mol. The number of aliphatic imine (C=N–C) groups is 1. The van der Waals surface area contributed by atoms with Gasteiger partial charge in [0.15, 0.2) is 0 Å². The molecule has 2 nitrogen and oxygen atoms in total. The average Bonchev–Trinajstić information content (AvgIpc) is 2.17. The predicted octanol–water partition coefficient (Wildman–Crippen LogP) is 2.33. The summed E-state index contributed by atoms with van der Waals surface area (Å²) in [6.45, 7) is 0. The molecule has 0 radical (unpaired) electrons. The summed E-state index contributed by atoms with van der Waals surface area (Å²) in [7, 11) is 0. The Morgan fingerprint density at radius 3 is 2.71 bits per heavy atom. The third-order valence-corrected chi connectivity index (χ3v) is 3.37. The minimum Gasteiger partial charge on any atom is -0.267 e. The van der Waals surface area contributed by atoms with Gasteiger partial charge in [0, 0.05) is 17.2 Å². The first-order chi connectivity index (χ1) is 6.82. The van der Waals surface area contributed by atoms with Crippen LogP contribution in [0.4, 0.5) is 0 Å². The van der Waals surface area contributed by atoms with Crippen molar-refractivity contribution in [2.75, 3.05) is 0 Å². The molecule has 1 fully saturated rings. The molecule has 0 bridgehead atoms. The zero-order valence-electron chi connectivity index (χ0n) is 7.86. The maximum atomic E-state index is 11.5. The van der Waals surface area contributed by atoms with Crippen molar-refractivity contribution in [3.63, 3.8) is 0 Å². The Bertz CT molecular complexity index is 430. The van der Waals surface area contributed by atoms with Gasteiger partial charge in [-0.15, -0.1) is 0 Å². The molecule has 1 heterocycles. The molecule has 3 rings (SSSR count). The molecule has 0 atom stereocenters. The van der Waals surface area contributed by atoms with Gasteiger partial charge in [-0.1, -0.05) is 24.6 Å². The summed E-state index contributed by atoms with van der Waals surface area (Å²) in [5, 5.41) is 0. The molecule has 1 amide bonds. The Kier molecular flexibility index (Phi) is 1.43. The fourth-order valence-corrected chi connectivity index (χ4v) is 2.38. The van der Waals surface area contributed by atoms with E-state index in [0.717, 1.165) is 18.4 Å². The molecule has 1 spiro atoms. The van der Waals surface area contributed by atoms with Gasteiger partial charge in [0.1, 0.15) is 0 Å². The molecule has 2 aliphatic rings. The van der Waals surface area contributed by atoms with Crippen molar-refractivity contribution in [2.45, 2.75) is 24.7 Å². The molecule has 1 aromatic rings. The molecular weight excluding hydrogens is 174 g/mol. The van der Waals surface area contributed by atoms with E-state index in [2.05, 4.69) is 11.1 Å². The predicted molar refractivity (Wildman–Crippen MR) is 54.8 cm³/mol. The summed E-state index contributed by atoms with van der Waals surface area (Å²) in [6, 6.07) is 7.86.